The summed E-state index contributed by atoms with van der Waals surface area (Å²) < 4.78 is 34.0. The molecule has 5 heterocycles. The maximum Gasteiger partial charge on any atom is 0.281 e. The average molecular weight is 587 g/mol. The average Bonchev–Trinajstić information content (AvgIpc) is 3.40. The zero-order valence-corrected chi connectivity index (χ0v) is 24.3. The summed E-state index contributed by atoms with van der Waals surface area (Å²) >= 11 is 2.94. The monoisotopic (exact) mass is 586 g/mol. The number of aromatic nitrogens is 3. The lowest BCUT2D eigenvalue weighted by molar-refractivity contribution is 0.174. The number of aryl methyl sites for hydroxylation is 1. The molecular weight excluding hydrogens is 557 g/mol. The van der Waals surface area contributed by atoms with Crippen LogP contribution in [0, 0.1) is 6.92 Å². The molecule has 11 nitrogen and oxygen atoms in total. The zero-order valence-electron chi connectivity index (χ0n) is 21.8. The molecule has 14 heteroatoms. The van der Waals surface area contributed by atoms with Crippen LogP contribution in [0.4, 0.5) is 5.82 Å². The van der Waals surface area contributed by atoms with Crippen molar-refractivity contribution in [3.63, 3.8) is 0 Å². The van der Waals surface area contributed by atoms with E-state index in [-0.39, 0.29) is 6.04 Å². The van der Waals surface area contributed by atoms with Gasteiger partial charge in [-0.25, -0.2) is 9.97 Å². The number of ether oxygens (including phenoxy) is 1. The minimum atomic E-state index is -3.39. The van der Waals surface area contributed by atoms with Crippen molar-refractivity contribution in [2.24, 2.45) is 0 Å². The summed E-state index contributed by atoms with van der Waals surface area (Å²) in [7, 11) is -0.270. The van der Waals surface area contributed by atoms with Crippen molar-refractivity contribution in [1.82, 2.24) is 33.4 Å². The molecule has 0 atom stereocenters. The van der Waals surface area contributed by atoms with Crippen LogP contribution >= 0.6 is 23.7 Å². The van der Waals surface area contributed by atoms with Crippen LogP contribution in [-0.2, 0) is 10.2 Å². The number of hydrogen-bond acceptors (Lipinski definition) is 11. The molecule has 3 aromatic heterocycles. The van der Waals surface area contributed by atoms with Gasteiger partial charge in [-0.2, -0.15) is 21.9 Å². The Balaban J connectivity index is 1.31. The molecule has 0 radical (unpaired) electrons. The lowest BCUT2D eigenvalue weighted by atomic mass is 10.1. The van der Waals surface area contributed by atoms with E-state index in [9.17, 15) is 8.42 Å². The standard InChI is InChI=1S/C25H30N8O3S3/c1-18-21(7-6-12-26-18)36-22-15-20(37-23-8-4-5-11-27-23)16-28-25(22)29-24-17-33(30-38-24)19-9-13-32(14-10-19)39(34,35)31(2)3/h4-8,11-12,15-17,19,30H,9-10,13-14H2,1-3H3,(H,28,29). The highest BCUT2D eigenvalue weighted by atomic mass is 32.2. The van der Waals surface area contributed by atoms with Crippen LogP contribution in [-0.4, -0.2) is 70.2 Å². The number of hydrogen-bond donors (Lipinski definition) is 2. The molecule has 0 bridgehead atoms. The molecule has 2 aliphatic rings. The van der Waals surface area contributed by atoms with Crippen LogP contribution in [0.15, 0.2) is 76.1 Å². The Morgan fingerprint density at radius 3 is 2.62 bits per heavy atom. The number of pyridine rings is 3. The highest BCUT2D eigenvalue weighted by Crippen LogP contribution is 2.37. The van der Waals surface area contributed by atoms with Gasteiger partial charge < -0.3 is 10.1 Å². The van der Waals surface area contributed by atoms with Crippen molar-refractivity contribution in [2.45, 2.75) is 35.7 Å². The van der Waals surface area contributed by atoms with Crippen LogP contribution in [0.1, 0.15) is 18.5 Å². The molecule has 1 fully saturated rings. The fourth-order valence-corrected chi connectivity index (χ4v) is 6.72. The lowest BCUT2D eigenvalue weighted by Gasteiger charge is -2.36. The van der Waals surface area contributed by atoms with E-state index in [4.69, 9.17) is 4.74 Å². The van der Waals surface area contributed by atoms with Gasteiger partial charge in [0, 0.05) is 69.0 Å². The second kappa shape index (κ2) is 12.1. The number of rotatable bonds is 9. The van der Waals surface area contributed by atoms with E-state index < -0.39 is 10.2 Å². The van der Waals surface area contributed by atoms with Gasteiger partial charge in [-0.3, -0.25) is 9.99 Å². The molecule has 5 rings (SSSR count). The van der Waals surface area contributed by atoms with E-state index >= 15 is 0 Å². The summed E-state index contributed by atoms with van der Waals surface area (Å²) in [6.45, 7) is 2.85. The number of nitrogens with one attached hydrogen (secondary N) is 2. The Morgan fingerprint density at radius 2 is 1.90 bits per heavy atom. The maximum atomic E-state index is 12.4. The number of anilines is 1. The van der Waals surface area contributed by atoms with E-state index in [0.29, 0.717) is 30.4 Å². The predicted molar refractivity (Wildman–Crippen MR) is 153 cm³/mol. The van der Waals surface area contributed by atoms with E-state index in [0.717, 1.165) is 33.5 Å². The SMILES string of the molecule is Cc1ncccc1Oc1cc(Sc2ccccn2)cnc1NC1=CN(C2CCN(S(=O)(=O)N(C)C)CC2)NS1. The number of nitrogens with zero attached hydrogens (tertiary/aromatic N) is 6. The predicted octanol–water partition coefficient (Wildman–Crippen LogP) is 4.07. The minimum Gasteiger partial charge on any atom is -0.452 e. The number of hydrazine groups is 1. The van der Waals surface area contributed by atoms with Crippen molar-refractivity contribution in [3.05, 3.63) is 71.9 Å². The fourth-order valence-electron chi connectivity index (χ4n) is 4.10. The first-order valence-electron chi connectivity index (χ1n) is 12.4. The Bertz CT molecular complexity index is 1430. The van der Waals surface area contributed by atoms with Gasteiger partial charge in [-0.15, -0.1) is 0 Å². The first-order chi connectivity index (χ1) is 18.8. The summed E-state index contributed by atoms with van der Waals surface area (Å²) in [4.78, 5) is 17.6. The minimum absolute atomic E-state index is 0.171. The first-order valence-corrected chi connectivity index (χ1v) is 15.4. The molecule has 3 aromatic rings. The Kier molecular flexibility index (Phi) is 8.59. The summed E-state index contributed by atoms with van der Waals surface area (Å²) in [6.07, 6.45) is 8.70. The second-order valence-corrected chi connectivity index (χ2v) is 13.2. The van der Waals surface area contributed by atoms with Gasteiger partial charge in [-0.1, -0.05) is 17.8 Å². The van der Waals surface area contributed by atoms with Gasteiger partial charge in [0.15, 0.2) is 11.6 Å². The molecule has 0 amide bonds. The molecular formula is C25H30N8O3S3. The van der Waals surface area contributed by atoms with Crippen LogP contribution in [0.3, 0.4) is 0 Å². The molecule has 39 heavy (non-hydrogen) atoms. The third kappa shape index (κ3) is 6.65. The van der Waals surface area contributed by atoms with Crippen molar-refractivity contribution in [3.8, 4) is 11.5 Å². The van der Waals surface area contributed by atoms with Gasteiger partial charge in [0.2, 0.25) is 0 Å². The van der Waals surface area contributed by atoms with Gasteiger partial charge in [-0.05, 0) is 56.0 Å². The van der Waals surface area contributed by atoms with E-state index in [1.54, 1.807) is 32.7 Å². The van der Waals surface area contributed by atoms with E-state index in [2.05, 4.69) is 25.1 Å². The van der Waals surface area contributed by atoms with Crippen molar-refractivity contribution in [2.75, 3.05) is 32.5 Å². The molecule has 2 N–H and O–H groups in total. The van der Waals surface area contributed by atoms with Crippen molar-refractivity contribution >= 4 is 39.7 Å². The molecule has 1 saturated heterocycles. The van der Waals surface area contributed by atoms with Gasteiger partial charge in [0.05, 0.1) is 5.69 Å². The summed E-state index contributed by atoms with van der Waals surface area (Å²) in [6, 6.07) is 11.6. The molecule has 2 aliphatic heterocycles. The summed E-state index contributed by atoms with van der Waals surface area (Å²) in [5.41, 5.74) is 0.774. The quantitative estimate of drug-likeness (QED) is 0.354. The normalized spacial score (nSPS) is 16.9. The lowest BCUT2D eigenvalue weighted by Crippen LogP contribution is -2.49. The third-order valence-corrected chi connectivity index (χ3v) is 9.81. The maximum absolute atomic E-state index is 12.4. The van der Waals surface area contributed by atoms with E-state index in [1.165, 1.54) is 32.3 Å². The Morgan fingerprint density at radius 1 is 1.10 bits per heavy atom. The smallest absolute Gasteiger partial charge is 0.281 e. The van der Waals surface area contributed by atoms with Crippen LogP contribution in [0.5, 0.6) is 11.5 Å². The first kappa shape index (κ1) is 27.7. The third-order valence-electron chi connectivity index (χ3n) is 6.23. The molecule has 206 valence electrons. The Labute approximate surface area is 237 Å². The summed E-state index contributed by atoms with van der Waals surface area (Å²) in [5, 5.41) is 7.13. The molecule has 0 unspecified atom stereocenters. The summed E-state index contributed by atoms with van der Waals surface area (Å²) in [5.74, 6) is 1.78. The topological polar surface area (TPSA) is 116 Å². The van der Waals surface area contributed by atoms with Crippen LogP contribution in [0.2, 0.25) is 0 Å². The molecule has 0 aromatic carbocycles. The van der Waals surface area contributed by atoms with Gasteiger partial charge >= 0.3 is 0 Å². The highest BCUT2D eigenvalue weighted by Gasteiger charge is 2.32. The van der Waals surface area contributed by atoms with Gasteiger partial charge in [0.25, 0.3) is 10.2 Å². The zero-order chi connectivity index (χ0) is 27.4. The van der Waals surface area contributed by atoms with Crippen molar-refractivity contribution in [1.29, 1.82) is 0 Å². The largest absolute Gasteiger partial charge is 0.452 e. The van der Waals surface area contributed by atoms with Gasteiger partial charge in [0.1, 0.15) is 15.8 Å². The van der Waals surface area contributed by atoms with Crippen LogP contribution in [0.25, 0.3) is 0 Å². The Hall–Kier alpha value is -2.88. The second-order valence-electron chi connectivity index (χ2n) is 9.12. The van der Waals surface area contributed by atoms with Crippen molar-refractivity contribution < 1.29 is 13.2 Å². The number of piperidine rings is 1. The van der Waals surface area contributed by atoms with Crippen LogP contribution < -0.4 is 14.9 Å². The fraction of sp³-hybridized carbons (Fsp3) is 0.320. The van der Waals surface area contributed by atoms with E-state index in [1.807, 2.05) is 54.5 Å². The molecule has 0 aliphatic carbocycles. The molecule has 0 spiro atoms. The highest BCUT2D eigenvalue weighted by molar-refractivity contribution is 8.01. The molecule has 0 saturated carbocycles.